The van der Waals surface area contributed by atoms with Crippen LogP contribution < -0.4 is 5.69 Å². The van der Waals surface area contributed by atoms with Crippen LogP contribution in [0.2, 0.25) is 0 Å². The monoisotopic (exact) mass is 338 g/mol. The van der Waals surface area contributed by atoms with Gasteiger partial charge in [-0.3, -0.25) is 4.68 Å². The van der Waals surface area contributed by atoms with E-state index >= 15 is 0 Å². The van der Waals surface area contributed by atoms with Crippen molar-refractivity contribution in [2.45, 2.75) is 38.1 Å². The Morgan fingerprint density at radius 3 is 2.96 bits per heavy atom. The predicted octanol–water partition coefficient (Wildman–Crippen LogP) is 2.47. The number of hydrogen-bond donors (Lipinski definition) is 3. The van der Waals surface area contributed by atoms with Gasteiger partial charge in [0.1, 0.15) is 5.65 Å². The summed E-state index contributed by atoms with van der Waals surface area (Å²) in [6.45, 7) is 0. The molecule has 0 aromatic carbocycles. The van der Waals surface area contributed by atoms with Gasteiger partial charge in [-0.25, -0.2) is 4.79 Å². The minimum Gasteiger partial charge on any atom is -0.495 e. The first-order valence-corrected chi connectivity index (χ1v) is 8.39. The maximum Gasteiger partial charge on any atom is 0.347 e. The summed E-state index contributed by atoms with van der Waals surface area (Å²) in [6.07, 6.45) is 8.57. The van der Waals surface area contributed by atoms with Crippen LogP contribution in [0.3, 0.4) is 0 Å². The van der Waals surface area contributed by atoms with Gasteiger partial charge in [0.2, 0.25) is 0 Å². The fraction of sp³-hybridized carbons (Fsp3) is 0.412. The first kappa shape index (κ1) is 15.4. The van der Waals surface area contributed by atoms with E-state index in [1.807, 2.05) is 10.9 Å². The standard InChI is InChI=1S/C17H18N6O2/c18-6-5-13(10-3-1-2-4-10)23-9-11(8-19-23)15-12-7-14(24)20-16(12)22-17(25)21-15/h7-10,13,24H,1-5H2,(H2,20,21,22,25). The summed E-state index contributed by atoms with van der Waals surface area (Å²) in [5, 5.41) is 23.9. The number of nitriles is 1. The molecular weight excluding hydrogens is 320 g/mol. The van der Waals surface area contributed by atoms with Crippen molar-refractivity contribution < 1.29 is 5.11 Å². The number of hydrogen-bond acceptors (Lipinski definition) is 5. The highest BCUT2D eigenvalue weighted by atomic mass is 16.3. The molecule has 0 bridgehead atoms. The molecule has 1 aliphatic rings. The molecule has 3 aromatic rings. The molecule has 25 heavy (non-hydrogen) atoms. The van der Waals surface area contributed by atoms with Gasteiger partial charge in [-0.05, 0) is 18.8 Å². The molecule has 128 valence electrons. The molecule has 3 N–H and O–H groups in total. The molecule has 0 radical (unpaired) electrons. The molecule has 0 spiro atoms. The number of H-pyrrole nitrogens is 2. The van der Waals surface area contributed by atoms with E-state index in [0.29, 0.717) is 29.1 Å². The van der Waals surface area contributed by atoms with Crippen LogP contribution in [0.15, 0.2) is 23.3 Å². The van der Waals surface area contributed by atoms with E-state index in [1.165, 1.54) is 18.9 Å². The molecule has 3 heterocycles. The van der Waals surface area contributed by atoms with E-state index in [-0.39, 0.29) is 11.9 Å². The third-order valence-corrected chi connectivity index (χ3v) is 4.97. The summed E-state index contributed by atoms with van der Waals surface area (Å²) in [6, 6.07) is 3.84. The van der Waals surface area contributed by atoms with Crippen molar-refractivity contribution >= 4 is 11.0 Å². The summed E-state index contributed by atoms with van der Waals surface area (Å²) < 4.78 is 1.84. The van der Waals surface area contributed by atoms with Gasteiger partial charge in [0, 0.05) is 23.2 Å². The van der Waals surface area contributed by atoms with Crippen molar-refractivity contribution in [2.75, 3.05) is 0 Å². The third kappa shape index (κ3) is 2.78. The van der Waals surface area contributed by atoms with Crippen molar-refractivity contribution in [3.8, 4) is 23.2 Å². The number of fused-ring (bicyclic) bond motifs is 1. The molecule has 1 fully saturated rings. The molecule has 3 aromatic heterocycles. The van der Waals surface area contributed by atoms with Crippen LogP contribution >= 0.6 is 0 Å². The summed E-state index contributed by atoms with van der Waals surface area (Å²) in [5.41, 5.74) is 1.11. The van der Waals surface area contributed by atoms with E-state index in [4.69, 9.17) is 0 Å². The van der Waals surface area contributed by atoms with Crippen molar-refractivity contribution in [3.05, 3.63) is 28.9 Å². The molecule has 8 nitrogen and oxygen atoms in total. The summed E-state index contributed by atoms with van der Waals surface area (Å²) in [4.78, 5) is 21.0. The van der Waals surface area contributed by atoms with Crippen molar-refractivity contribution in [2.24, 2.45) is 5.92 Å². The lowest BCUT2D eigenvalue weighted by Crippen LogP contribution is -2.17. The molecular formula is C17H18N6O2. The number of aromatic hydroxyl groups is 1. The van der Waals surface area contributed by atoms with Crippen LogP contribution in [-0.4, -0.2) is 29.8 Å². The number of nitrogens with one attached hydrogen (secondary N) is 2. The molecule has 0 amide bonds. The smallest absolute Gasteiger partial charge is 0.347 e. The lowest BCUT2D eigenvalue weighted by atomic mass is 9.96. The van der Waals surface area contributed by atoms with E-state index < -0.39 is 5.69 Å². The number of aromatic amines is 2. The Balaban J connectivity index is 1.76. The minimum atomic E-state index is -0.499. The topological polar surface area (TPSA) is 123 Å². The molecule has 1 atom stereocenters. The Bertz CT molecular complexity index is 1000. The SMILES string of the molecule is N#CCC(C1CCCC1)n1cc(-c2[nH]c(=O)nc3[nH]c(O)cc23)cn1. The zero-order valence-electron chi connectivity index (χ0n) is 13.6. The Morgan fingerprint density at radius 1 is 1.40 bits per heavy atom. The van der Waals surface area contributed by atoms with Gasteiger partial charge in [0.05, 0.1) is 30.4 Å². The van der Waals surface area contributed by atoms with E-state index in [2.05, 4.69) is 26.1 Å². The van der Waals surface area contributed by atoms with Gasteiger partial charge in [-0.2, -0.15) is 15.3 Å². The van der Waals surface area contributed by atoms with Crippen LogP contribution in [0.25, 0.3) is 22.3 Å². The second-order valence-corrected chi connectivity index (χ2v) is 6.52. The van der Waals surface area contributed by atoms with Crippen LogP contribution in [-0.2, 0) is 0 Å². The summed E-state index contributed by atoms with van der Waals surface area (Å²) >= 11 is 0. The van der Waals surface area contributed by atoms with Crippen LogP contribution in [0.4, 0.5) is 0 Å². The molecule has 1 saturated carbocycles. The van der Waals surface area contributed by atoms with Gasteiger partial charge in [-0.15, -0.1) is 0 Å². The highest BCUT2D eigenvalue weighted by Crippen LogP contribution is 2.36. The first-order chi connectivity index (χ1) is 12.2. The highest BCUT2D eigenvalue weighted by Gasteiger charge is 2.27. The minimum absolute atomic E-state index is 0.0462. The van der Waals surface area contributed by atoms with Gasteiger partial charge in [-0.1, -0.05) is 12.8 Å². The molecule has 0 aliphatic heterocycles. The highest BCUT2D eigenvalue weighted by molar-refractivity contribution is 5.91. The Hall–Kier alpha value is -3.08. The number of nitrogens with zero attached hydrogens (tertiary/aromatic N) is 4. The molecule has 0 saturated heterocycles. The largest absolute Gasteiger partial charge is 0.495 e. The fourth-order valence-corrected chi connectivity index (χ4v) is 3.80. The normalized spacial score (nSPS) is 16.3. The van der Waals surface area contributed by atoms with E-state index in [9.17, 15) is 15.2 Å². The van der Waals surface area contributed by atoms with E-state index in [1.54, 1.807) is 6.20 Å². The molecule has 8 heteroatoms. The van der Waals surface area contributed by atoms with Gasteiger partial charge in [0.15, 0.2) is 5.88 Å². The Labute approximate surface area is 143 Å². The summed E-state index contributed by atoms with van der Waals surface area (Å²) in [7, 11) is 0. The van der Waals surface area contributed by atoms with Crippen molar-refractivity contribution in [1.29, 1.82) is 5.26 Å². The molecule has 1 aliphatic carbocycles. The van der Waals surface area contributed by atoms with Gasteiger partial charge in [0.25, 0.3) is 0 Å². The zero-order chi connectivity index (χ0) is 17.4. The molecule has 1 unspecified atom stereocenters. The van der Waals surface area contributed by atoms with Gasteiger partial charge >= 0.3 is 5.69 Å². The molecule has 4 rings (SSSR count). The zero-order valence-corrected chi connectivity index (χ0v) is 13.6. The lowest BCUT2D eigenvalue weighted by Gasteiger charge is -2.21. The van der Waals surface area contributed by atoms with Crippen LogP contribution in [0.5, 0.6) is 5.88 Å². The fourth-order valence-electron chi connectivity index (χ4n) is 3.80. The average molecular weight is 338 g/mol. The second kappa shape index (κ2) is 6.09. The lowest BCUT2D eigenvalue weighted by molar-refractivity contribution is 0.315. The Morgan fingerprint density at radius 2 is 2.20 bits per heavy atom. The van der Waals surface area contributed by atoms with Gasteiger partial charge < -0.3 is 15.1 Å². The maximum atomic E-state index is 11.8. The number of rotatable bonds is 4. The average Bonchev–Trinajstić information content (AvgIpc) is 3.32. The third-order valence-electron chi connectivity index (χ3n) is 4.97. The summed E-state index contributed by atoms with van der Waals surface area (Å²) in [5.74, 6) is 0.406. The second-order valence-electron chi connectivity index (χ2n) is 6.52. The van der Waals surface area contributed by atoms with Crippen molar-refractivity contribution in [1.82, 2.24) is 24.7 Å². The number of aromatic nitrogens is 5. The van der Waals surface area contributed by atoms with Crippen molar-refractivity contribution in [3.63, 3.8) is 0 Å². The maximum absolute atomic E-state index is 11.8. The van der Waals surface area contributed by atoms with E-state index in [0.717, 1.165) is 18.4 Å². The van der Waals surface area contributed by atoms with Crippen LogP contribution in [0.1, 0.15) is 38.1 Å². The quantitative estimate of drug-likeness (QED) is 0.674. The predicted molar refractivity (Wildman–Crippen MR) is 90.8 cm³/mol. The Kier molecular flexibility index (Phi) is 3.76. The first-order valence-electron chi connectivity index (χ1n) is 8.39. The van der Waals surface area contributed by atoms with Crippen LogP contribution in [0, 0.1) is 17.2 Å².